The number of halogens is 1. The van der Waals surface area contributed by atoms with Crippen molar-refractivity contribution < 1.29 is 27.4 Å². The van der Waals surface area contributed by atoms with Crippen LogP contribution in [0.25, 0.3) is 0 Å². The van der Waals surface area contributed by atoms with E-state index in [2.05, 4.69) is 10.3 Å². The molecule has 1 fully saturated rings. The average molecular weight is 481 g/mol. The van der Waals surface area contributed by atoms with E-state index < -0.39 is 44.4 Å². The van der Waals surface area contributed by atoms with E-state index in [0.29, 0.717) is 38.2 Å². The molecule has 1 aliphatic heterocycles. The summed E-state index contributed by atoms with van der Waals surface area (Å²) in [4.78, 5) is 29.7. The third-order valence-electron chi connectivity index (χ3n) is 6.06. The second-order valence-corrected chi connectivity index (χ2v) is 10.5. The van der Waals surface area contributed by atoms with Crippen molar-refractivity contribution in [3.05, 3.63) is 51.5 Å². The molecule has 2 aromatic rings. The number of rotatable bonds is 5. The van der Waals surface area contributed by atoms with Crippen molar-refractivity contribution in [2.24, 2.45) is 0 Å². The minimum atomic E-state index is -3.98. The number of nitrogens with one attached hydrogen (secondary N) is 1. The maximum absolute atomic E-state index is 13.7. The summed E-state index contributed by atoms with van der Waals surface area (Å²) >= 11 is 0. The minimum Gasteiger partial charge on any atom is -0.501 e. The number of hydrogen-bond donors (Lipinski definition) is 2. The van der Waals surface area contributed by atoms with Crippen LogP contribution in [0.15, 0.2) is 27.9 Å². The number of carbonyl (C=O) groups excluding carboxylic acids is 1. The lowest BCUT2D eigenvalue weighted by Gasteiger charge is -2.40. The van der Waals surface area contributed by atoms with Crippen LogP contribution in [-0.2, 0) is 33.5 Å². The fourth-order valence-electron chi connectivity index (χ4n) is 4.05. The molecule has 33 heavy (non-hydrogen) atoms. The predicted molar refractivity (Wildman–Crippen MR) is 115 cm³/mol. The van der Waals surface area contributed by atoms with Gasteiger partial charge in [0.1, 0.15) is 17.2 Å². The number of carbonyl (C=O) groups is 1. The number of ether oxygens (including phenoxy) is 1. The Hall–Kier alpha value is -2.83. The van der Waals surface area contributed by atoms with Gasteiger partial charge in [0.05, 0.1) is 4.90 Å². The summed E-state index contributed by atoms with van der Waals surface area (Å²) in [5.41, 5.74) is -1.78. The fraction of sp³-hybridized carbons (Fsp3) is 0.476. The number of benzene rings is 1. The van der Waals surface area contributed by atoms with Crippen molar-refractivity contribution in [2.75, 3.05) is 20.7 Å². The molecule has 0 bridgehead atoms. The molecule has 10 nitrogen and oxygen atoms in total. The molecule has 1 saturated carbocycles. The van der Waals surface area contributed by atoms with Gasteiger partial charge in [0.2, 0.25) is 15.8 Å². The average Bonchev–Trinajstić information content (AvgIpc) is 2.94. The third kappa shape index (κ3) is 4.02. The molecule has 1 aromatic carbocycles. The van der Waals surface area contributed by atoms with Crippen molar-refractivity contribution in [3.63, 3.8) is 0 Å². The normalized spacial score (nSPS) is 17.3. The molecule has 2 N–H and O–H groups in total. The Kier molecular flexibility index (Phi) is 6.01. The third-order valence-corrected chi connectivity index (χ3v) is 7.96. The Morgan fingerprint density at radius 2 is 2.06 bits per heavy atom. The minimum absolute atomic E-state index is 0.142. The van der Waals surface area contributed by atoms with Crippen LogP contribution in [0.1, 0.15) is 47.6 Å². The molecule has 0 atom stereocenters. The van der Waals surface area contributed by atoms with Crippen molar-refractivity contribution in [1.29, 1.82) is 0 Å². The van der Waals surface area contributed by atoms with Crippen molar-refractivity contribution in [1.82, 2.24) is 19.2 Å². The fourth-order valence-corrected chi connectivity index (χ4v) is 5.18. The largest absolute Gasteiger partial charge is 0.501 e. The Labute approximate surface area is 190 Å². The summed E-state index contributed by atoms with van der Waals surface area (Å²) in [6, 6.07) is 3.21. The molecule has 0 saturated heterocycles. The number of fused-ring (bicyclic) bond motifs is 2. The number of nitrogens with zero attached hydrogens (tertiary/aromatic N) is 3. The highest BCUT2D eigenvalue weighted by molar-refractivity contribution is 7.89. The van der Waals surface area contributed by atoms with E-state index in [1.165, 1.54) is 24.7 Å². The monoisotopic (exact) mass is 480 g/mol. The van der Waals surface area contributed by atoms with Crippen LogP contribution in [0.4, 0.5) is 4.39 Å². The molecule has 2 aliphatic rings. The summed E-state index contributed by atoms with van der Waals surface area (Å²) in [5.74, 6) is -2.07. The second-order valence-electron chi connectivity index (χ2n) is 8.36. The topological polar surface area (TPSA) is 131 Å². The van der Waals surface area contributed by atoms with Gasteiger partial charge in [0.15, 0.2) is 5.69 Å². The molecule has 12 heteroatoms. The summed E-state index contributed by atoms with van der Waals surface area (Å²) in [5, 5.41) is 12.9. The van der Waals surface area contributed by atoms with Crippen LogP contribution in [0.5, 0.6) is 5.75 Å². The highest BCUT2D eigenvalue weighted by Crippen LogP contribution is 2.45. The zero-order valence-corrected chi connectivity index (χ0v) is 19.1. The number of sulfonamides is 1. The molecular weight excluding hydrogens is 455 g/mol. The van der Waals surface area contributed by atoms with Gasteiger partial charge < -0.3 is 15.2 Å². The first-order valence-electron chi connectivity index (χ1n) is 10.5. The number of aromatic hydroxyl groups is 1. The van der Waals surface area contributed by atoms with Crippen LogP contribution in [-0.4, -0.2) is 54.0 Å². The maximum Gasteiger partial charge on any atom is 0.296 e. The summed E-state index contributed by atoms with van der Waals surface area (Å²) in [7, 11) is -1.35. The molecule has 178 valence electrons. The number of amides is 1. The summed E-state index contributed by atoms with van der Waals surface area (Å²) < 4.78 is 47.1. The molecule has 1 amide bonds. The van der Waals surface area contributed by atoms with Gasteiger partial charge in [0.25, 0.3) is 11.5 Å². The first kappa shape index (κ1) is 23.3. The van der Waals surface area contributed by atoms with E-state index in [-0.39, 0.29) is 17.0 Å². The molecule has 0 unspecified atom stereocenters. The lowest BCUT2D eigenvalue weighted by molar-refractivity contribution is -0.108. The van der Waals surface area contributed by atoms with Crippen LogP contribution in [0, 0.1) is 5.82 Å². The molecule has 0 radical (unpaired) electrons. The predicted octanol–water partition coefficient (Wildman–Crippen LogP) is 1.07. The van der Waals surface area contributed by atoms with Gasteiger partial charge in [-0.1, -0.05) is 6.07 Å². The van der Waals surface area contributed by atoms with Gasteiger partial charge in [-0.15, -0.1) is 0 Å². The quantitative estimate of drug-likeness (QED) is 0.654. The molecule has 4 rings (SSSR count). The van der Waals surface area contributed by atoms with Gasteiger partial charge in [-0.3, -0.25) is 14.2 Å². The second kappa shape index (κ2) is 8.50. The molecule has 1 aliphatic carbocycles. The van der Waals surface area contributed by atoms with Gasteiger partial charge >= 0.3 is 0 Å². The summed E-state index contributed by atoms with van der Waals surface area (Å²) in [6.45, 7) is 0.473. The lowest BCUT2D eigenvalue weighted by Crippen LogP contribution is -2.43. The van der Waals surface area contributed by atoms with Crippen molar-refractivity contribution in [2.45, 2.75) is 49.3 Å². The highest BCUT2D eigenvalue weighted by Gasteiger charge is 2.45. The summed E-state index contributed by atoms with van der Waals surface area (Å²) in [6.07, 6.45) is 2.79. The zero-order chi connectivity index (χ0) is 24.0. The van der Waals surface area contributed by atoms with E-state index >= 15 is 0 Å². The Balaban J connectivity index is 1.66. The standard InChI is InChI=1S/C21H25FN4O6S/c1-25(2)33(30,31)15-11-14(22)6-5-13(15)12-23-18(28)16-17(27)19(29)26-9-4-10-32-21(7-3-8-21)20(26)24-16/h5-6,11,27H,3-4,7-10,12H2,1-2H3,(H,23,28). The number of aromatic nitrogens is 2. The van der Waals surface area contributed by atoms with Crippen LogP contribution < -0.4 is 10.9 Å². The van der Waals surface area contributed by atoms with Gasteiger partial charge in [0, 0.05) is 33.8 Å². The molecule has 1 spiro atoms. The molecule has 2 heterocycles. The van der Waals surface area contributed by atoms with E-state index in [9.17, 15) is 27.5 Å². The van der Waals surface area contributed by atoms with Gasteiger partial charge in [-0.25, -0.2) is 22.1 Å². The van der Waals surface area contributed by atoms with E-state index in [0.717, 1.165) is 22.9 Å². The van der Waals surface area contributed by atoms with E-state index in [1.807, 2.05) is 0 Å². The molecular formula is C21H25FN4O6S. The highest BCUT2D eigenvalue weighted by atomic mass is 32.2. The SMILES string of the molecule is CN(C)S(=O)(=O)c1cc(F)ccc1CNC(=O)c1nc2n(c(=O)c1O)CCCOC21CCC1. The van der Waals surface area contributed by atoms with Crippen LogP contribution >= 0.6 is 0 Å². The van der Waals surface area contributed by atoms with Crippen LogP contribution in [0.3, 0.4) is 0 Å². The van der Waals surface area contributed by atoms with E-state index in [1.54, 1.807) is 0 Å². The Morgan fingerprint density at radius 3 is 2.70 bits per heavy atom. The van der Waals surface area contributed by atoms with Crippen molar-refractivity contribution >= 4 is 15.9 Å². The Bertz CT molecular complexity index is 1270. The van der Waals surface area contributed by atoms with Gasteiger partial charge in [-0.2, -0.15) is 0 Å². The Morgan fingerprint density at radius 1 is 1.33 bits per heavy atom. The first-order chi connectivity index (χ1) is 15.6. The van der Waals surface area contributed by atoms with Crippen LogP contribution in [0.2, 0.25) is 0 Å². The first-order valence-corrected chi connectivity index (χ1v) is 12.0. The lowest BCUT2D eigenvalue weighted by atomic mass is 9.79. The zero-order valence-electron chi connectivity index (χ0n) is 18.3. The van der Waals surface area contributed by atoms with Gasteiger partial charge in [-0.05, 0) is 43.4 Å². The number of hydrogen-bond acceptors (Lipinski definition) is 7. The smallest absolute Gasteiger partial charge is 0.296 e. The molecule has 1 aromatic heterocycles. The maximum atomic E-state index is 13.7. The van der Waals surface area contributed by atoms with Crippen molar-refractivity contribution in [3.8, 4) is 5.75 Å². The van der Waals surface area contributed by atoms with E-state index in [4.69, 9.17) is 4.74 Å².